The molecule has 1 aromatic heterocycles. The van der Waals surface area contributed by atoms with Gasteiger partial charge in [-0.2, -0.15) is 0 Å². The average molecular weight is 347 g/mol. The molecule has 5 nitrogen and oxygen atoms in total. The van der Waals surface area contributed by atoms with E-state index >= 15 is 0 Å². The van der Waals surface area contributed by atoms with Crippen molar-refractivity contribution in [2.45, 2.75) is 13.2 Å². The summed E-state index contributed by atoms with van der Waals surface area (Å²) < 4.78 is 10.5. The van der Waals surface area contributed by atoms with Crippen molar-refractivity contribution in [2.75, 3.05) is 0 Å². The van der Waals surface area contributed by atoms with Gasteiger partial charge in [-0.1, -0.05) is 60.7 Å². The molecule has 0 bridgehead atoms. The van der Waals surface area contributed by atoms with Crippen molar-refractivity contribution in [3.63, 3.8) is 0 Å². The van der Waals surface area contributed by atoms with Crippen LogP contribution >= 0.6 is 0 Å². The van der Waals surface area contributed by atoms with Gasteiger partial charge in [0.2, 0.25) is 0 Å². The molecule has 0 fully saturated rings. The molecule has 0 aliphatic rings. The van der Waals surface area contributed by atoms with Crippen LogP contribution in [0.4, 0.5) is 0 Å². The monoisotopic (exact) mass is 347 g/mol. The van der Waals surface area contributed by atoms with Gasteiger partial charge in [-0.3, -0.25) is 0 Å². The van der Waals surface area contributed by atoms with Crippen LogP contribution in [0.2, 0.25) is 0 Å². The third kappa shape index (κ3) is 4.54. The van der Waals surface area contributed by atoms with Crippen LogP contribution in [0.5, 0.6) is 0 Å². The van der Waals surface area contributed by atoms with Crippen LogP contribution in [0.25, 0.3) is 0 Å². The lowest BCUT2D eigenvalue weighted by Gasteiger charge is -2.09. The smallest absolute Gasteiger partial charge is 0.358 e. The van der Waals surface area contributed by atoms with Crippen molar-refractivity contribution < 1.29 is 19.1 Å². The second kappa shape index (κ2) is 8.58. The maximum absolute atomic E-state index is 12.3. The first-order valence-electron chi connectivity index (χ1n) is 8.11. The van der Waals surface area contributed by atoms with Crippen molar-refractivity contribution in [3.8, 4) is 0 Å². The summed E-state index contributed by atoms with van der Waals surface area (Å²) >= 11 is 0. The number of rotatable bonds is 6. The van der Waals surface area contributed by atoms with E-state index in [-0.39, 0.29) is 24.5 Å². The number of esters is 2. The zero-order valence-corrected chi connectivity index (χ0v) is 14.0. The Bertz CT molecular complexity index is 804. The molecular weight excluding hydrogens is 330 g/mol. The van der Waals surface area contributed by atoms with Crippen LogP contribution in [0.15, 0.2) is 79.0 Å². The summed E-state index contributed by atoms with van der Waals surface area (Å²) in [4.78, 5) is 28.7. The van der Waals surface area contributed by atoms with Crippen LogP contribution in [0.3, 0.4) is 0 Å². The lowest BCUT2D eigenvalue weighted by molar-refractivity contribution is 0.0419. The SMILES string of the molecule is O=C(OCc1ccccc1)c1cccnc1C(=O)OCc1ccccc1. The van der Waals surface area contributed by atoms with E-state index in [0.29, 0.717) is 0 Å². The van der Waals surface area contributed by atoms with E-state index in [0.717, 1.165) is 11.1 Å². The van der Waals surface area contributed by atoms with Gasteiger partial charge in [-0.15, -0.1) is 0 Å². The fraction of sp³-hybridized carbons (Fsp3) is 0.0952. The fourth-order valence-corrected chi connectivity index (χ4v) is 2.33. The Morgan fingerprint density at radius 1 is 0.692 bits per heavy atom. The number of aromatic nitrogens is 1. The van der Waals surface area contributed by atoms with Crippen LogP contribution in [-0.2, 0) is 22.7 Å². The maximum Gasteiger partial charge on any atom is 0.358 e. The number of carbonyl (C=O) groups is 2. The van der Waals surface area contributed by atoms with Crippen molar-refractivity contribution in [1.29, 1.82) is 0 Å². The quantitative estimate of drug-likeness (QED) is 0.635. The van der Waals surface area contributed by atoms with Crippen molar-refractivity contribution in [2.24, 2.45) is 0 Å². The third-order valence-electron chi connectivity index (χ3n) is 3.65. The van der Waals surface area contributed by atoms with Gasteiger partial charge in [0.25, 0.3) is 0 Å². The number of hydrogen-bond donors (Lipinski definition) is 0. The maximum atomic E-state index is 12.3. The normalized spacial score (nSPS) is 10.2. The minimum atomic E-state index is -0.666. The molecule has 0 aliphatic carbocycles. The first-order chi connectivity index (χ1) is 12.7. The zero-order valence-electron chi connectivity index (χ0n) is 14.0. The fourth-order valence-electron chi connectivity index (χ4n) is 2.33. The molecule has 5 heteroatoms. The van der Waals surface area contributed by atoms with E-state index in [2.05, 4.69) is 4.98 Å². The first-order valence-corrected chi connectivity index (χ1v) is 8.11. The molecule has 26 heavy (non-hydrogen) atoms. The Morgan fingerprint density at radius 3 is 1.81 bits per heavy atom. The Balaban J connectivity index is 1.66. The highest BCUT2D eigenvalue weighted by Gasteiger charge is 2.20. The Hall–Kier alpha value is -3.47. The van der Waals surface area contributed by atoms with Gasteiger partial charge < -0.3 is 9.47 Å². The molecule has 3 rings (SSSR count). The van der Waals surface area contributed by atoms with Gasteiger partial charge in [-0.05, 0) is 23.3 Å². The molecule has 0 aliphatic heterocycles. The molecule has 0 unspecified atom stereocenters. The summed E-state index contributed by atoms with van der Waals surface area (Å²) in [7, 11) is 0. The molecule has 130 valence electrons. The highest BCUT2D eigenvalue weighted by Crippen LogP contribution is 2.12. The van der Waals surface area contributed by atoms with Crippen molar-refractivity contribution in [3.05, 3.63) is 101 Å². The topological polar surface area (TPSA) is 65.5 Å². The minimum Gasteiger partial charge on any atom is -0.457 e. The van der Waals surface area contributed by atoms with Gasteiger partial charge >= 0.3 is 11.9 Å². The Kier molecular flexibility index (Phi) is 5.72. The van der Waals surface area contributed by atoms with Crippen molar-refractivity contribution >= 4 is 11.9 Å². The van der Waals surface area contributed by atoms with E-state index in [4.69, 9.17) is 9.47 Å². The van der Waals surface area contributed by atoms with Gasteiger partial charge in [0.1, 0.15) is 13.2 Å². The summed E-state index contributed by atoms with van der Waals surface area (Å²) in [5, 5.41) is 0. The van der Waals surface area contributed by atoms with Gasteiger partial charge in [0, 0.05) is 6.20 Å². The highest BCUT2D eigenvalue weighted by atomic mass is 16.5. The summed E-state index contributed by atoms with van der Waals surface area (Å²) in [5.74, 6) is -1.28. The number of nitrogens with zero attached hydrogens (tertiary/aromatic N) is 1. The first kappa shape index (κ1) is 17.4. The highest BCUT2D eigenvalue weighted by molar-refractivity contribution is 6.01. The van der Waals surface area contributed by atoms with Crippen LogP contribution in [0, 0.1) is 0 Å². The van der Waals surface area contributed by atoms with E-state index in [9.17, 15) is 9.59 Å². The third-order valence-corrected chi connectivity index (χ3v) is 3.65. The predicted molar refractivity (Wildman–Crippen MR) is 95.4 cm³/mol. The molecular formula is C21H17NO4. The van der Waals surface area contributed by atoms with E-state index < -0.39 is 11.9 Å². The lowest BCUT2D eigenvalue weighted by Crippen LogP contribution is -2.15. The van der Waals surface area contributed by atoms with Gasteiger partial charge in [-0.25, -0.2) is 14.6 Å². The standard InChI is InChI=1S/C21H17NO4/c23-20(25-14-16-8-3-1-4-9-16)18-12-7-13-22-19(18)21(24)26-15-17-10-5-2-6-11-17/h1-13H,14-15H2. The molecule has 2 aromatic carbocycles. The number of pyridine rings is 1. The molecule has 0 amide bonds. The molecule has 1 heterocycles. The zero-order chi connectivity index (χ0) is 18.2. The number of benzene rings is 2. The second-order valence-electron chi connectivity index (χ2n) is 5.52. The number of hydrogen-bond acceptors (Lipinski definition) is 5. The summed E-state index contributed by atoms with van der Waals surface area (Å²) in [6.07, 6.45) is 1.44. The molecule has 3 aromatic rings. The molecule has 0 saturated carbocycles. The average Bonchev–Trinajstić information content (AvgIpc) is 2.72. The van der Waals surface area contributed by atoms with Gasteiger partial charge in [0.05, 0.1) is 5.56 Å². The summed E-state index contributed by atoms with van der Waals surface area (Å²) in [6.45, 7) is 0.224. The number of ether oxygens (including phenoxy) is 2. The minimum absolute atomic E-state index is 0.0542. The van der Waals surface area contributed by atoms with Crippen LogP contribution in [0.1, 0.15) is 32.0 Å². The van der Waals surface area contributed by atoms with Crippen LogP contribution in [-0.4, -0.2) is 16.9 Å². The summed E-state index contributed by atoms with van der Waals surface area (Å²) in [5.41, 5.74) is 1.74. The van der Waals surface area contributed by atoms with Gasteiger partial charge in [0.15, 0.2) is 5.69 Å². The second-order valence-corrected chi connectivity index (χ2v) is 5.52. The van der Waals surface area contributed by atoms with E-state index in [1.54, 1.807) is 6.07 Å². The molecule has 0 atom stereocenters. The predicted octanol–water partition coefficient (Wildman–Crippen LogP) is 3.80. The number of carbonyl (C=O) groups excluding carboxylic acids is 2. The largest absolute Gasteiger partial charge is 0.457 e. The molecule has 0 spiro atoms. The molecule has 0 radical (unpaired) electrons. The van der Waals surface area contributed by atoms with Crippen LogP contribution < -0.4 is 0 Å². The lowest BCUT2D eigenvalue weighted by atomic mass is 10.2. The Labute approximate surface area is 151 Å². The summed E-state index contributed by atoms with van der Waals surface area (Å²) in [6, 6.07) is 21.7. The molecule has 0 saturated heterocycles. The van der Waals surface area contributed by atoms with E-state index in [1.165, 1.54) is 12.3 Å². The molecule has 0 N–H and O–H groups in total. The van der Waals surface area contributed by atoms with E-state index in [1.807, 2.05) is 60.7 Å². The Morgan fingerprint density at radius 2 is 1.23 bits per heavy atom. The van der Waals surface area contributed by atoms with Crippen molar-refractivity contribution in [1.82, 2.24) is 4.98 Å².